The molecule has 1 fully saturated rings. The van der Waals surface area contributed by atoms with Crippen LogP contribution < -0.4 is 4.90 Å². The van der Waals surface area contributed by atoms with Crippen LogP contribution in [-0.2, 0) is 0 Å². The minimum atomic E-state index is -0.277. The Hall–Kier alpha value is -3.50. The van der Waals surface area contributed by atoms with Crippen molar-refractivity contribution in [1.29, 1.82) is 0 Å². The summed E-state index contributed by atoms with van der Waals surface area (Å²) in [5.74, 6) is 1.61. The van der Waals surface area contributed by atoms with Gasteiger partial charge in [0.25, 0.3) is 5.78 Å². The number of aryl methyl sites for hydroxylation is 1. The molecule has 7 nitrogen and oxygen atoms in total. The van der Waals surface area contributed by atoms with Crippen LogP contribution >= 0.6 is 11.3 Å². The van der Waals surface area contributed by atoms with Gasteiger partial charge in [-0.3, -0.25) is 9.30 Å². The van der Waals surface area contributed by atoms with Gasteiger partial charge in [-0.05, 0) is 56.2 Å². The second-order valence-corrected chi connectivity index (χ2v) is 10.2. The topological polar surface area (TPSA) is 62.5 Å². The van der Waals surface area contributed by atoms with E-state index in [0.717, 1.165) is 39.7 Å². The fourth-order valence-corrected chi connectivity index (χ4v) is 6.07. The molecule has 3 aromatic heterocycles. The molecule has 1 aliphatic rings. The van der Waals surface area contributed by atoms with E-state index in [0.29, 0.717) is 12.3 Å². The Morgan fingerprint density at radius 1 is 0.889 bits per heavy atom. The van der Waals surface area contributed by atoms with Crippen molar-refractivity contribution >= 4 is 33.3 Å². The van der Waals surface area contributed by atoms with Gasteiger partial charge >= 0.3 is 0 Å². The predicted octanol–water partition coefficient (Wildman–Crippen LogP) is 5.01. The van der Waals surface area contributed by atoms with Crippen molar-refractivity contribution in [3.8, 4) is 0 Å². The van der Waals surface area contributed by atoms with E-state index < -0.39 is 0 Å². The van der Waals surface area contributed by atoms with Crippen molar-refractivity contribution in [2.24, 2.45) is 0 Å². The first-order valence-corrected chi connectivity index (χ1v) is 12.8. The molecule has 2 atom stereocenters. The molecule has 0 amide bonds. The van der Waals surface area contributed by atoms with Gasteiger partial charge in [0, 0.05) is 25.2 Å². The van der Waals surface area contributed by atoms with E-state index in [1.807, 2.05) is 41.1 Å². The largest absolute Gasteiger partial charge is 0.349 e. The molecule has 2 aromatic carbocycles. The van der Waals surface area contributed by atoms with Gasteiger partial charge in [-0.2, -0.15) is 4.98 Å². The average molecular weight is 506 g/mol. The van der Waals surface area contributed by atoms with Crippen molar-refractivity contribution < 1.29 is 8.78 Å². The molecule has 1 saturated heterocycles. The summed E-state index contributed by atoms with van der Waals surface area (Å²) >= 11 is 1.55. The van der Waals surface area contributed by atoms with Gasteiger partial charge in [0.05, 0.1) is 11.6 Å². The van der Waals surface area contributed by atoms with Gasteiger partial charge in [0.1, 0.15) is 27.8 Å². The highest BCUT2D eigenvalue weighted by Crippen LogP contribution is 2.36. The summed E-state index contributed by atoms with van der Waals surface area (Å²) in [6.07, 6.45) is 0. The Balaban J connectivity index is 1.38. The predicted molar refractivity (Wildman–Crippen MR) is 136 cm³/mol. The number of hydrogen-bond acceptors (Lipinski definition) is 7. The van der Waals surface area contributed by atoms with Gasteiger partial charge in [-0.15, -0.1) is 21.5 Å². The summed E-state index contributed by atoms with van der Waals surface area (Å²) < 4.78 is 29.4. The normalized spacial score (nSPS) is 19.1. The summed E-state index contributed by atoms with van der Waals surface area (Å²) in [4.78, 5) is 15.2. The molecule has 0 aliphatic carbocycles. The van der Waals surface area contributed by atoms with Gasteiger partial charge in [0.15, 0.2) is 5.82 Å². The highest BCUT2D eigenvalue weighted by Gasteiger charge is 2.36. The number of fused-ring (bicyclic) bond motifs is 3. The lowest BCUT2D eigenvalue weighted by molar-refractivity contribution is 0.129. The maximum Gasteiger partial charge on any atom is 0.258 e. The molecule has 0 radical (unpaired) electrons. The number of anilines is 1. The quantitative estimate of drug-likeness (QED) is 0.342. The lowest BCUT2D eigenvalue weighted by Gasteiger charge is -2.48. The molecule has 6 rings (SSSR count). The number of piperazine rings is 1. The van der Waals surface area contributed by atoms with Crippen molar-refractivity contribution in [1.82, 2.24) is 29.5 Å². The smallest absolute Gasteiger partial charge is 0.258 e. The molecule has 1 aliphatic heterocycles. The minimum absolute atomic E-state index is 0.105. The van der Waals surface area contributed by atoms with Crippen LogP contribution in [0.25, 0.3) is 16.1 Å². The maximum atomic E-state index is 13.7. The molecule has 5 aromatic rings. The van der Waals surface area contributed by atoms with Gasteiger partial charge < -0.3 is 4.90 Å². The van der Waals surface area contributed by atoms with Gasteiger partial charge in [-0.25, -0.2) is 13.8 Å². The first-order chi connectivity index (χ1) is 17.4. The molecule has 0 saturated carbocycles. The summed E-state index contributed by atoms with van der Waals surface area (Å²) in [5, 5.41) is 8.48. The first kappa shape index (κ1) is 22.9. The van der Waals surface area contributed by atoms with Crippen molar-refractivity contribution in [2.45, 2.75) is 38.9 Å². The van der Waals surface area contributed by atoms with Crippen LogP contribution in [0.5, 0.6) is 0 Å². The third kappa shape index (κ3) is 3.81. The van der Waals surface area contributed by atoms with Crippen LogP contribution in [0.3, 0.4) is 0 Å². The minimum Gasteiger partial charge on any atom is -0.349 e. The second kappa shape index (κ2) is 8.86. The van der Waals surface area contributed by atoms with E-state index in [2.05, 4.69) is 38.8 Å². The Labute approximate surface area is 211 Å². The van der Waals surface area contributed by atoms with E-state index in [9.17, 15) is 8.78 Å². The highest BCUT2D eigenvalue weighted by atomic mass is 32.1. The van der Waals surface area contributed by atoms with E-state index in [-0.39, 0.29) is 29.8 Å². The van der Waals surface area contributed by atoms with E-state index in [1.165, 1.54) is 24.3 Å². The Bertz CT molecular complexity index is 1480. The zero-order valence-corrected chi connectivity index (χ0v) is 21.0. The number of halogens is 2. The Morgan fingerprint density at radius 3 is 2.17 bits per heavy atom. The van der Waals surface area contributed by atoms with Crippen LogP contribution in [0.2, 0.25) is 0 Å². The van der Waals surface area contributed by atoms with Crippen molar-refractivity contribution in [2.75, 3.05) is 18.0 Å². The molecule has 0 unspecified atom stereocenters. The average Bonchev–Trinajstić information content (AvgIpc) is 3.50. The summed E-state index contributed by atoms with van der Waals surface area (Å²) in [7, 11) is 0. The summed E-state index contributed by atoms with van der Waals surface area (Å²) in [6.45, 7) is 7.70. The van der Waals surface area contributed by atoms with E-state index in [4.69, 9.17) is 4.98 Å². The highest BCUT2D eigenvalue weighted by molar-refractivity contribution is 7.16. The third-order valence-corrected chi connectivity index (χ3v) is 7.80. The zero-order chi connectivity index (χ0) is 25.0. The van der Waals surface area contributed by atoms with Crippen LogP contribution in [0.15, 0.2) is 54.0 Å². The maximum absolute atomic E-state index is 13.7. The van der Waals surface area contributed by atoms with Crippen LogP contribution in [0, 0.1) is 18.6 Å². The molecule has 0 N–H and O–H groups in total. The Morgan fingerprint density at radius 2 is 1.53 bits per heavy atom. The second-order valence-electron chi connectivity index (χ2n) is 9.38. The lowest BCUT2D eigenvalue weighted by Crippen LogP contribution is -2.57. The molecular formula is C26H25F2N7S. The van der Waals surface area contributed by atoms with Crippen LogP contribution in [-0.4, -0.2) is 54.6 Å². The standard InChI is InChI=1S/C26H25F2N7S/c1-15-13-34(24-22-25(36-14-29-22)35-17(3)31-32-26(35)30-24)16(2)12-33(15)23(18-4-8-20(27)9-5-18)19-6-10-21(28)11-7-19/h4-11,14-16,23H,12-13H2,1-3H3/t15-,16+/m1/s1. The first-order valence-electron chi connectivity index (χ1n) is 11.9. The molecular weight excluding hydrogens is 480 g/mol. The van der Waals surface area contributed by atoms with Crippen molar-refractivity contribution in [3.05, 3.63) is 82.6 Å². The zero-order valence-electron chi connectivity index (χ0n) is 20.1. The fraction of sp³-hybridized carbons (Fsp3) is 0.308. The molecule has 0 bridgehead atoms. The number of benzene rings is 2. The molecule has 10 heteroatoms. The summed E-state index contributed by atoms with van der Waals surface area (Å²) in [5.41, 5.74) is 4.61. The number of aromatic nitrogens is 5. The molecule has 4 heterocycles. The molecule has 0 spiro atoms. The SMILES string of the molecule is Cc1nnc2nc(N3C[C@@H](C)N(C(c4ccc(F)cc4)c4ccc(F)cc4)C[C@@H]3C)c3ncsc3n12. The van der Waals surface area contributed by atoms with E-state index in [1.54, 1.807) is 11.3 Å². The van der Waals surface area contributed by atoms with Crippen LogP contribution in [0.1, 0.15) is 36.8 Å². The number of hydrogen-bond donors (Lipinski definition) is 0. The molecule has 184 valence electrons. The number of thiazole rings is 1. The number of nitrogens with zero attached hydrogens (tertiary/aromatic N) is 7. The van der Waals surface area contributed by atoms with Gasteiger partial charge in [-0.1, -0.05) is 24.3 Å². The fourth-order valence-electron chi connectivity index (χ4n) is 5.24. The monoisotopic (exact) mass is 505 g/mol. The van der Waals surface area contributed by atoms with Crippen LogP contribution in [0.4, 0.5) is 14.6 Å². The Kier molecular flexibility index (Phi) is 5.65. The summed E-state index contributed by atoms with van der Waals surface area (Å²) in [6, 6.07) is 13.3. The van der Waals surface area contributed by atoms with E-state index >= 15 is 0 Å². The molecule has 36 heavy (non-hydrogen) atoms. The lowest BCUT2D eigenvalue weighted by atomic mass is 9.93. The third-order valence-electron chi connectivity index (χ3n) is 6.99. The van der Waals surface area contributed by atoms with Crippen molar-refractivity contribution in [3.63, 3.8) is 0 Å². The van der Waals surface area contributed by atoms with Gasteiger partial charge in [0.2, 0.25) is 0 Å². The number of rotatable bonds is 4.